The molecule has 1 aliphatic heterocycles. The van der Waals surface area contributed by atoms with E-state index in [1.807, 2.05) is 24.4 Å². The fraction of sp³-hybridized carbons (Fsp3) is 0.235. The summed E-state index contributed by atoms with van der Waals surface area (Å²) in [6.45, 7) is 1.79. The molecule has 0 saturated carbocycles. The van der Waals surface area contributed by atoms with E-state index in [2.05, 4.69) is 32.2 Å². The van der Waals surface area contributed by atoms with Crippen molar-refractivity contribution in [3.63, 3.8) is 0 Å². The Bertz CT molecular complexity index is 886. The van der Waals surface area contributed by atoms with Gasteiger partial charge in [-0.2, -0.15) is 0 Å². The van der Waals surface area contributed by atoms with Gasteiger partial charge in [0.05, 0.1) is 22.9 Å². The first-order chi connectivity index (χ1) is 11.2. The van der Waals surface area contributed by atoms with Gasteiger partial charge in [-0.05, 0) is 42.8 Å². The Morgan fingerprint density at radius 1 is 1.35 bits per heavy atom. The summed E-state index contributed by atoms with van der Waals surface area (Å²) < 4.78 is 0. The molecule has 0 fully saturated rings. The fourth-order valence-corrected chi connectivity index (χ4v) is 3.04. The zero-order valence-electron chi connectivity index (χ0n) is 12.8. The Balaban J connectivity index is 1.63. The number of H-pyrrole nitrogens is 1. The number of hydrogen-bond acceptors (Lipinski definition) is 4. The SMILES string of the molecule is CN1CCc2c(cncc2C(=O)Nc2ccc3nc[nH]c3c2)C1. The van der Waals surface area contributed by atoms with Crippen LogP contribution in [0.1, 0.15) is 21.5 Å². The number of hydrogen-bond donors (Lipinski definition) is 2. The number of anilines is 1. The lowest BCUT2D eigenvalue weighted by Crippen LogP contribution is -2.29. The normalized spacial score (nSPS) is 14.7. The van der Waals surface area contributed by atoms with Crippen LogP contribution in [0.2, 0.25) is 0 Å². The average molecular weight is 307 g/mol. The minimum Gasteiger partial charge on any atom is -0.345 e. The molecular weight excluding hydrogens is 290 g/mol. The highest BCUT2D eigenvalue weighted by atomic mass is 16.1. The topological polar surface area (TPSA) is 73.9 Å². The number of aromatic amines is 1. The van der Waals surface area contributed by atoms with Crippen molar-refractivity contribution in [1.29, 1.82) is 0 Å². The first-order valence-corrected chi connectivity index (χ1v) is 7.59. The number of aromatic nitrogens is 3. The summed E-state index contributed by atoms with van der Waals surface area (Å²) in [5.74, 6) is -0.113. The van der Waals surface area contributed by atoms with E-state index in [0.29, 0.717) is 5.56 Å². The number of nitrogens with zero attached hydrogens (tertiary/aromatic N) is 3. The van der Waals surface area contributed by atoms with Crippen LogP contribution in [0.25, 0.3) is 11.0 Å². The molecule has 3 heterocycles. The second-order valence-corrected chi connectivity index (χ2v) is 5.90. The number of carbonyl (C=O) groups excluding carboxylic acids is 1. The molecule has 116 valence electrons. The predicted octanol–water partition coefficient (Wildman–Crippen LogP) is 2.20. The average Bonchev–Trinajstić information content (AvgIpc) is 3.01. The number of rotatable bonds is 2. The number of fused-ring (bicyclic) bond motifs is 2. The fourth-order valence-electron chi connectivity index (χ4n) is 3.04. The molecule has 0 bridgehead atoms. The Hall–Kier alpha value is -2.73. The summed E-state index contributed by atoms with van der Waals surface area (Å²) in [5.41, 5.74) is 5.44. The van der Waals surface area contributed by atoms with Crippen molar-refractivity contribution >= 4 is 22.6 Å². The zero-order chi connectivity index (χ0) is 15.8. The molecule has 2 N–H and O–H groups in total. The van der Waals surface area contributed by atoms with E-state index in [1.165, 1.54) is 0 Å². The summed E-state index contributed by atoms with van der Waals surface area (Å²) in [4.78, 5) is 26.3. The molecule has 0 radical (unpaired) electrons. The van der Waals surface area contributed by atoms with Crippen LogP contribution in [0.4, 0.5) is 5.69 Å². The molecule has 6 heteroatoms. The summed E-state index contributed by atoms with van der Waals surface area (Å²) in [7, 11) is 2.08. The minimum absolute atomic E-state index is 0.113. The second kappa shape index (κ2) is 5.48. The van der Waals surface area contributed by atoms with Crippen LogP contribution in [-0.4, -0.2) is 39.4 Å². The first-order valence-electron chi connectivity index (χ1n) is 7.59. The summed E-state index contributed by atoms with van der Waals surface area (Å²) >= 11 is 0. The molecule has 1 aromatic carbocycles. The van der Waals surface area contributed by atoms with E-state index < -0.39 is 0 Å². The van der Waals surface area contributed by atoms with Crippen molar-refractivity contribution in [1.82, 2.24) is 19.9 Å². The van der Waals surface area contributed by atoms with E-state index >= 15 is 0 Å². The van der Waals surface area contributed by atoms with Crippen LogP contribution in [-0.2, 0) is 13.0 Å². The van der Waals surface area contributed by atoms with Crippen LogP contribution < -0.4 is 5.32 Å². The molecule has 2 aromatic heterocycles. The van der Waals surface area contributed by atoms with Crippen molar-refractivity contribution in [2.45, 2.75) is 13.0 Å². The van der Waals surface area contributed by atoms with Gasteiger partial charge in [-0.25, -0.2) is 4.98 Å². The Kier molecular flexibility index (Phi) is 3.31. The minimum atomic E-state index is -0.113. The van der Waals surface area contributed by atoms with Crippen LogP contribution in [0.3, 0.4) is 0 Å². The van der Waals surface area contributed by atoms with E-state index in [1.54, 1.807) is 12.5 Å². The molecule has 3 aromatic rings. The van der Waals surface area contributed by atoms with Gasteiger partial charge in [0.25, 0.3) is 5.91 Å². The van der Waals surface area contributed by atoms with Crippen LogP contribution >= 0.6 is 0 Å². The van der Waals surface area contributed by atoms with E-state index in [-0.39, 0.29) is 5.91 Å². The van der Waals surface area contributed by atoms with Crippen LogP contribution in [0.15, 0.2) is 36.9 Å². The highest BCUT2D eigenvalue weighted by molar-refractivity contribution is 6.06. The first kappa shape index (κ1) is 13.9. The van der Waals surface area contributed by atoms with Gasteiger partial charge in [-0.15, -0.1) is 0 Å². The van der Waals surface area contributed by atoms with Crippen LogP contribution in [0.5, 0.6) is 0 Å². The quantitative estimate of drug-likeness (QED) is 0.761. The zero-order valence-corrected chi connectivity index (χ0v) is 12.8. The standard InChI is InChI=1S/C17H17N5O/c1-22-5-4-13-11(9-22)7-18-8-14(13)17(23)21-12-2-3-15-16(6-12)20-10-19-15/h2-3,6-8,10H,4-5,9H2,1H3,(H,19,20)(H,21,23). The van der Waals surface area contributed by atoms with E-state index in [4.69, 9.17) is 0 Å². The molecule has 23 heavy (non-hydrogen) atoms. The number of pyridine rings is 1. The molecule has 0 unspecified atom stereocenters. The molecule has 6 nitrogen and oxygen atoms in total. The predicted molar refractivity (Wildman–Crippen MR) is 88.3 cm³/mol. The highest BCUT2D eigenvalue weighted by Crippen LogP contribution is 2.22. The Morgan fingerprint density at radius 3 is 3.17 bits per heavy atom. The van der Waals surface area contributed by atoms with E-state index in [9.17, 15) is 4.79 Å². The molecule has 1 amide bonds. The third kappa shape index (κ3) is 2.57. The van der Waals surface area contributed by atoms with Crippen molar-refractivity contribution in [2.24, 2.45) is 0 Å². The Labute approximate surface area is 133 Å². The second-order valence-electron chi connectivity index (χ2n) is 5.90. The lowest BCUT2D eigenvalue weighted by atomic mass is 9.97. The number of nitrogens with one attached hydrogen (secondary N) is 2. The molecular formula is C17H17N5O. The molecule has 0 atom stereocenters. The molecule has 4 rings (SSSR count). The Morgan fingerprint density at radius 2 is 2.26 bits per heavy atom. The number of benzene rings is 1. The van der Waals surface area contributed by atoms with Gasteiger partial charge < -0.3 is 15.2 Å². The van der Waals surface area contributed by atoms with Gasteiger partial charge in [0.1, 0.15) is 0 Å². The van der Waals surface area contributed by atoms with E-state index in [0.717, 1.165) is 47.4 Å². The molecule has 0 saturated heterocycles. The maximum absolute atomic E-state index is 12.7. The largest absolute Gasteiger partial charge is 0.345 e. The smallest absolute Gasteiger partial charge is 0.257 e. The number of amides is 1. The third-order valence-corrected chi connectivity index (χ3v) is 4.25. The van der Waals surface area contributed by atoms with Gasteiger partial charge in [-0.3, -0.25) is 9.78 Å². The maximum atomic E-state index is 12.7. The lowest BCUT2D eigenvalue weighted by molar-refractivity contribution is 0.102. The molecule has 0 spiro atoms. The van der Waals surface area contributed by atoms with Crippen molar-refractivity contribution in [2.75, 3.05) is 18.9 Å². The van der Waals surface area contributed by atoms with Gasteiger partial charge >= 0.3 is 0 Å². The lowest BCUT2D eigenvalue weighted by Gasteiger charge is -2.26. The summed E-state index contributed by atoms with van der Waals surface area (Å²) in [5, 5.41) is 2.96. The van der Waals surface area contributed by atoms with Crippen molar-refractivity contribution in [3.8, 4) is 0 Å². The maximum Gasteiger partial charge on any atom is 0.257 e. The van der Waals surface area contributed by atoms with Crippen molar-refractivity contribution < 1.29 is 4.79 Å². The van der Waals surface area contributed by atoms with Gasteiger partial charge in [0, 0.05) is 31.2 Å². The number of imidazole rings is 1. The van der Waals surface area contributed by atoms with Gasteiger partial charge in [-0.1, -0.05) is 0 Å². The van der Waals surface area contributed by atoms with Crippen LogP contribution in [0, 0.1) is 0 Å². The summed E-state index contributed by atoms with van der Waals surface area (Å²) in [6, 6.07) is 5.63. The van der Waals surface area contributed by atoms with Gasteiger partial charge in [0.2, 0.25) is 0 Å². The monoisotopic (exact) mass is 307 g/mol. The highest BCUT2D eigenvalue weighted by Gasteiger charge is 2.20. The third-order valence-electron chi connectivity index (χ3n) is 4.25. The van der Waals surface area contributed by atoms with Crippen molar-refractivity contribution in [3.05, 3.63) is 53.6 Å². The number of carbonyl (C=O) groups is 1. The summed E-state index contributed by atoms with van der Waals surface area (Å²) in [6.07, 6.45) is 6.04. The van der Waals surface area contributed by atoms with Gasteiger partial charge in [0.15, 0.2) is 0 Å². The molecule has 0 aliphatic carbocycles. The molecule has 1 aliphatic rings. The number of likely N-dealkylation sites (N-methyl/N-ethyl adjacent to an activating group) is 1.